The largest absolute Gasteiger partial charge is 0.494 e. The van der Waals surface area contributed by atoms with Gasteiger partial charge in [-0.2, -0.15) is 0 Å². The number of aromatic nitrogens is 2. The van der Waals surface area contributed by atoms with Crippen molar-refractivity contribution in [1.29, 1.82) is 0 Å². The average molecular weight is 391 g/mol. The highest BCUT2D eigenvalue weighted by Gasteiger charge is 2.22. The number of hydrogen-bond donors (Lipinski definition) is 1. The summed E-state index contributed by atoms with van der Waals surface area (Å²) in [7, 11) is -3.72. The van der Waals surface area contributed by atoms with Crippen LogP contribution < -0.4 is 14.4 Å². The van der Waals surface area contributed by atoms with E-state index in [1.807, 2.05) is 13.0 Å². The van der Waals surface area contributed by atoms with E-state index < -0.39 is 10.0 Å². The summed E-state index contributed by atoms with van der Waals surface area (Å²) in [5, 5.41) is 8.32. The van der Waals surface area contributed by atoms with Crippen LogP contribution in [0.2, 0.25) is 0 Å². The number of rotatable bonds is 7. The second-order valence-corrected chi connectivity index (χ2v) is 8.22. The third-order valence-corrected chi connectivity index (χ3v) is 6.10. The van der Waals surface area contributed by atoms with Gasteiger partial charge in [-0.05, 0) is 69.0 Å². The molecule has 0 spiro atoms. The van der Waals surface area contributed by atoms with E-state index in [9.17, 15) is 8.42 Å². The molecule has 1 aliphatic rings. The highest BCUT2D eigenvalue weighted by atomic mass is 32.2. The van der Waals surface area contributed by atoms with Crippen LogP contribution in [0.1, 0.15) is 39.5 Å². The summed E-state index contributed by atoms with van der Waals surface area (Å²) >= 11 is 0. The Morgan fingerprint density at radius 1 is 1.11 bits per heavy atom. The minimum Gasteiger partial charge on any atom is -0.494 e. The average Bonchev–Trinajstić information content (AvgIpc) is 2.69. The zero-order valence-corrected chi connectivity index (χ0v) is 16.6. The van der Waals surface area contributed by atoms with Crippen molar-refractivity contribution in [2.45, 2.75) is 50.5 Å². The maximum atomic E-state index is 12.5. The zero-order chi connectivity index (χ0) is 19.3. The van der Waals surface area contributed by atoms with Crippen molar-refractivity contribution in [3.63, 3.8) is 0 Å². The highest BCUT2D eigenvalue weighted by Crippen LogP contribution is 2.25. The summed E-state index contributed by atoms with van der Waals surface area (Å²) in [6.07, 6.45) is 4.60. The van der Waals surface area contributed by atoms with Crippen molar-refractivity contribution in [2.75, 3.05) is 22.8 Å². The van der Waals surface area contributed by atoms with Crippen molar-refractivity contribution in [2.24, 2.45) is 0 Å². The molecule has 2 heterocycles. The van der Waals surface area contributed by atoms with Crippen LogP contribution in [0.4, 0.5) is 11.6 Å². The van der Waals surface area contributed by atoms with Gasteiger partial charge in [0.15, 0.2) is 11.6 Å². The van der Waals surface area contributed by atoms with E-state index in [4.69, 9.17) is 4.74 Å². The first-order valence-electron chi connectivity index (χ1n) is 9.39. The van der Waals surface area contributed by atoms with Gasteiger partial charge in [-0.1, -0.05) is 6.92 Å². The molecule has 1 fully saturated rings. The Balaban J connectivity index is 1.71. The van der Waals surface area contributed by atoms with Gasteiger partial charge in [0, 0.05) is 12.6 Å². The Hall–Kier alpha value is -2.35. The van der Waals surface area contributed by atoms with E-state index in [-0.39, 0.29) is 10.7 Å². The molecule has 1 unspecified atom stereocenters. The van der Waals surface area contributed by atoms with Crippen LogP contribution >= 0.6 is 0 Å². The van der Waals surface area contributed by atoms with E-state index in [2.05, 4.69) is 26.7 Å². The molecule has 2 aromatic rings. The summed E-state index contributed by atoms with van der Waals surface area (Å²) in [6, 6.07) is 10.2. The van der Waals surface area contributed by atoms with Gasteiger partial charge in [0.1, 0.15) is 5.75 Å². The Kier molecular flexibility index (Phi) is 6.15. The molecular formula is C19H26N4O3S. The number of hydrogen-bond acceptors (Lipinski definition) is 6. The molecule has 0 aliphatic carbocycles. The molecule has 1 aromatic heterocycles. The number of sulfonamides is 1. The topological polar surface area (TPSA) is 84.4 Å². The number of nitrogens with zero attached hydrogens (tertiary/aromatic N) is 3. The van der Waals surface area contributed by atoms with Crippen LogP contribution in [0, 0.1) is 0 Å². The molecule has 1 saturated heterocycles. The van der Waals surface area contributed by atoms with E-state index >= 15 is 0 Å². The number of anilines is 2. The van der Waals surface area contributed by atoms with Crippen LogP contribution in [0.15, 0.2) is 41.3 Å². The van der Waals surface area contributed by atoms with Gasteiger partial charge in [0.05, 0.1) is 11.5 Å². The third kappa shape index (κ3) is 4.68. The van der Waals surface area contributed by atoms with Crippen LogP contribution in [0.5, 0.6) is 5.75 Å². The first-order valence-corrected chi connectivity index (χ1v) is 10.9. The predicted octanol–water partition coefficient (Wildman–Crippen LogP) is 3.45. The minimum absolute atomic E-state index is 0.152. The third-order valence-electron chi connectivity index (χ3n) is 4.73. The minimum atomic E-state index is -3.72. The Morgan fingerprint density at radius 3 is 2.52 bits per heavy atom. The summed E-state index contributed by atoms with van der Waals surface area (Å²) < 4.78 is 32.9. The van der Waals surface area contributed by atoms with Crippen LogP contribution in [-0.2, 0) is 10.0 Å². The van der Waals surface area contributed by atoms with E-state index in [0.29, 0.717) is 18.4 Å². The summed E-state index contributed by atoms with van der Waals surface area (Å²) in [5.41, 5.74) is 0. The molecule has 0 amide bonds. The quantitative estimate of drug-likeness (QED) is 0.779. The fraction of sp³-hybridized carbons (Fsp3) is 0.474. The molecule has 7 nitrogen and oxygen atoms in total. The standard InChI is InChI=1S/C19H26N4O3S/c1-3-15-7-5-6-14-23(15)19-13-12-18(20-21-19)22-27(24,25)17-10-8-16(9-11-17)26-4-2/h8-13,15H,3-7,14H2,1-2H3,(H,20,22). The fourth-order valence-corrected chi connectivity index (χ4v) is 4.33. The van der Waals surface area contributed by atoms with Gasteiger partial charge < -0.3 is 9.64 Å². The van der Waals surface area contributed by atoms with Crippen molar-refractivity contribution in [3.05, 3.63) is 36.4 Å². The van der Waals surface area contributed by atoms with Gasteiger partial charge in [0.2, 0.25) is 0 Å². The normalized spacial score (nSPS) is 17.6. The number of benzene rings is 1. The zero-order valence-electron chi connectivity index (χ0n) is 15.8. The Morgan fingerprint density at radius 2 is 1.89 bits per heavy atom. The Bertz CT molecular complexity index is 838. The van der Waals surface area contributed by atoms with Crippen LogP contribution in [0.25, 0.3) is 0 Å². The van der Waals surface area contributed by atoms with Crippen molar-refractivity contribution >= 4 is 21.7 Å². The van der Waals surface area contributed by atoms with Gasteiger partial charge >= 0.3 is 0 Å². The maximum Gasteiger partial charge on any atom is 0.263 e. The maximum absolute atomic E-state index is 12.5. The molecule has 1 atom stereocenters. The van der Waals surface area contributed by atoms with Gasteiger partial charge in [0.25, 0.3) is 10.0 Å². The van der Waals surface area contributed by atoms with E-state index in [1.54, 1.807) is 18.2 Å². The van der Waals surface area contributed by atoms with E-state index in [0.717, 1.165) is 31.6 Å². The molecular weight excluding hydrogens is 364 g/mol. The molecule has 27 heavy (non-hydrogen) atoms. The van der Waals surface area contributed by atoms with E-state index in [1.165, 1.54) is 18.6 Å². The van der Waals surface area contributed by atoms with Crippen LogP contribution in [0.3, 0.4) is 0 Å². The van der Waals surface area contributed by atoms with Crippen molar-refractivity contribution in [3.8, 4) is 5.75 Å². The molecule has 0 radical (unpaired) electrons. The summed E-state index contributed by atoms with van der Waals surface area (Å²) in [4.78, 5) is 2.42. The van der Waals surface area contributed by atoms with Crippen LogP contribution in [-0.4, -0.2) is 37.8 Å². The van der Waals surface area contributed by atoms with Gasteiger partial charge in [-0.3, -0.25) is 4.72 Å². The number of ether oxygens (including phenoxy) is 1. The molecule has 1 N–H and O–H groups in total. The molecule has 0 bridgehead atoms. The van der Waals surface area contributed by atoms with Gasteiger partial charge in [-0.15, -0.1) is 10.2 Å². The lowest BCUT2D eigenvalue weighted by molar-refractivity contribution is 0.340. The molecule has 0 saturated carbocycles. The lowest BCUT2D eigenvalue weighted by Gasteiger charge is -2.35. The number of piperidine rings is 1. The molecule has 3 rings (SSSR count). The molecule has 1 aliphatic heterocycles. The van der Waals surface area contributed by atoms with Crippen molar-refractivity contribution in [1.82, 2.24) is 10.2 Å². The first-order chi connectivity index (χ1) is 13.0. The predicted molar refractivity (Wildman–Crippen MR) is 106 cm³/mol. The van der Waals surface area contributed by atoms with Crippen molar-refractivity contribution < 1.29 is 13.2 Å². The molecule has 8 heteroatoms. The first kappa shape index (κ1) is 19.4. The second-order valence-electron chi connectivity index (χ2n) is 6.54. The summed E-state index contributed by atoms with van der Waals surface area (Å²) in [6.45, 7) is 5.55. The highest BCUT2D eigenvalue weighted by molar-refractivity contribution is 7.92. The van der Waals surface area contributed by atoms with Gasteiger partial charge in [-0.25, -0.2) is 8.42 Å². The molecule has 1 aromatic carbocycles. The second kappa shape index (κ2) is 8.56. The number of nitrogens with one attached hydrogen (secondary N) is 1. The molecule has 146 valence electrons. The smallest absolute Gasteiger partial charge is 0.263 e. The lowest BCUT2D eigenvalue weighted by atomic mass is 10.0. The SMILES string of the molecule is CCOc1ccc(S(=O)(=O)Nc2ccc(N3CCCCC3CC)nn2)cc1. The lowest BCUT2D eigenvalue weighted by Crippen LogP contribution is -2.39. The monoisotopic (exact) mass is 390 g/mol. The summed E-state index contributed by atoms with van der Waals surface area (Å²) in [5.74, 6) is 1.64. The Labute approximate surface area is 160 Å². The fourth-order valence-electron chi connectivity index (χ4n) is 3.34.